The molecule has 0 saturated carbocycles. The summed E-state index contributed by atoms with van der Waals surface area (Å²) in [6.07, 6.45) is -3.07. The smallest absolute Gasteiger partial charge is 0.406 e. The van der Waals surface area contributed by atoms with Crippen molar-refractivity contribution in [3.63, 3.8) is 0 Å². The van der Waals surface area contributed by atoms with Gasteiger partial charge in [-0.2, -0.15) is 5.10 Å². The van der Waals surface area contributed by atoms with E-state index in [2.05, 4.69) is 35.8 Å². The van der Waals surface area contributed by atoms with Gasteiger partial charge < -0.3 is 30.3 Å². The van der Waals surface area contributed by atoms with Gasteiger partial charge in [-0.1, -0.05) is 0 Å². The molecule has 0 unspecified atom stereocenters. The van der Waals surface area contributed by atoms with Crippen LogP contribution in [-0.2, 0) is 4.74 Å². The van der Waals surface area contributed by atoms with E-state index in [0.717, 1.165) is 36.6 Å². The number of carbonyl (C=O) groups excluding carboxylic acids is 1. The second-order valence-electron chi connectivity index (χ2n) is 7.25. The third-order valence-electron chi connectivity index (χ3n) is 4.78. The van der Waals surface area contributed by atoms with Crippen LogP contribution in [0.15, 0.2) is 60.8 Å². The Labute approximate surface area is 192 Å². The zero-order chi connectivity index (χ0) is 24.0. The van der Waals surface area contributed by atoms with Gasteiger partial charge in [-0.3, -0.25) is 0 Å². The number of morpholine rings is 1. The van der Waals surface area contributed by atoms with Gasteiger partial charge in [0.05, 0.1) is 25.1 Å². The lowest BCUT2D eigenvalue weighted by molar-refractivity contribution is -0.274. The highest BCUT2D eigenvalue weighted by atomic mass is 19.4. The first-order valence-corrected chi connectivity index (χ1v) is 10.3. The lowest BCUT2D eigenvalue weighted by Gasteiger charge is -2.28. The van der Waals surface area contributed by atoms with Gasteiger partial charge in [-0.15, -0.1) is 18.3 Å². The van der Waals surface area contributed by atoms with E-state index in [0.29, 0.717) is 30.4 Å². The van der Waals surface area contributed by atoms with Crippen LogP contribution in [0.1, 0.15) is 0 Å². The summed E-state index contributed by atoms with van der Waals surface area (Å²) in [5.74, 6) is 0.210. The molecule has 1 aliphatic heterocycles. The Balaban J connectivity index is 1.30. The summed E-state index contributed by atoms with van der Waals surface area (Å²) >= 11 is 0. The molecule has 3 N–H and O–H groups in total. The average molecular weight is 474 g/mol. The number of hydrogen-bond acceptors (Lipinski definition) is 7. The van der Waals surface area contributed by atoms with Crippen molar-refractivity contribution in [2.75, 3.05) is 47.2 Å². The average Bonchev–Trinajstić information content (AvgIpc) is 2.81. The minimum atomic E-state index is -4.77. The van der Waals surface area contributed by atoms with E-state index in [1.807, 2.05) is 6.07 Å². The van der Waals surface area contributed by atoms with Crippen LogP contribution in [0.3, 0.4) is 0 Å². The van der Waals surface area contributed by atoms with E-state index in [1.54, 1.807) is 30.5 Å². The van der Waals surface area contributed by atoms with E-state index in [9.17, 15) is 18.0 Å². The molecular formula is C22H21F3N6O3. The number of amides is 2. The summed E-state index contributed by atoms with van der Waals surface area (Å²) in [5, 5.41) is 16.5. The van der Waals surface area contributed by atoms with Crippen LogP contribution in [-0.4, -0.2) is 48.9 Å². The maximum atomic E-state index is 12.2. The number of nitrogens with one attached hydrogen (secondary N) is 3. The van der Waals surface area contributed by atoms with Crippen LogP contribution in [0, 0.1) is 0 Å². The Morgan fingerprint density at radius 3 is 2.15 bits per heavy atom. The fourth-order valence-electron chi connectivity index (χ4n) is 3.23. The molecule has 0 bridgehead atoms. The van der Waals surface area contributed by atoms with Gasteiger partial charge in [0.2, 0.25) is 0 Å². The Kier molecular flexibility index (Phi) is 6.97. The highest BCUT2D eigenvalue weighted by Crippen LogP contribution is 2.24. The normalized spacial score (nSPS) is 13.8. The van der Waals surface area contributed by atoms with Crippen molar-refractivity contribution in [3.05, 3.63) is 60.8 Å². The fourth-order valence-corrected chi connectivity index (χ4v) is 3.23. The number of rotatable bonds is 6. The molecule has 0 spiro atoms. The molecule has 0 aliphatic carbocycles. The summed E-state index contributed by atoms with van der Waals surface area (Å²) in [7, 11) is 0. The van der Waals surface area contributed by atoms with E-state index >= 15 is 0 Å². The van der Waals surface area contributed by atoms with Gasteiger partial charge in [0, 0.05) is 36.2 Å². The molecule has 3 aromatic rings. The van der Waals surface area contributed by atoms with E-state index in [-0.39, 0.29) is 5.75 Å². The summed E-state index contributed by atoms with van der Waals surface area (Å²) in [4.78, 5) is 14.4. The second kappa shape index (κ2) is 10.3. The topological polar surface area (TPSA) is 101 Å². The molecule has 2 amide bonds. The number of ether oxygens (including phenoxy) is 2. The number of halogens is 3. The molecule has 0 atom stereocenters. The van der Waals surface area contributed by atoms with Crippen molar-refractivity contribution < 1.29 is 27.4 Å². The zero-order valence-corrected chi connectivity index (χ0v) is 17.8. The van der Waals surface area contributed by atoms with E-state index in [1.165, 1.54) is 12.1 Å². The predicted octanol–water partition coefficient (Wildman–Crippen LogP) is 4.60. The number of aromatic nitrogens is 2. The number of urea groups is 1. The molecule has 1 saturated heterocycles. The van der Waals surface area contributed by atoms with Crippen molar-refractivity contribution in [1.82, 2.24) is 10.2 Å². The molecule has 1 aliphatic rings. The molecule has 4 rings (SSSR count). The predicted molar refractivity (Wildman–Crippen MR) is 121 cm³/mol. The number of carbonyl (C=O) groups is 1. The third kappa shape index (κ3) is 6.72. The first-order valence-electron chi connectivity index (χ1n) is 10.3. The van der Waals surface area contributed by atoms with Crippen LogP contribution >= 0.6 is 0 Å². The van der Waals surface area contributed by atoms with E-state index in [4.69, 9.17) is 4.74 Å². The molecular weight excluding hydrogens is 453 g/mol. The molecule has 2 aromatic carbocycles. The van der Waals surface area contributed by atoms with E-state index < -0.39 is 12.4 Å². The fraction of sp³-hybridized carbons (Fsp3) is 0.227. The molecule has 9 nitrogen and oxygen atoms in total. The standard InChI is InChI=1S/C22H21F3N6O3/c23-22(24,25)34-19-7-5-17(6-8-19)29-21(32)28-16-3-1-15(2-4-16)27-20-13-18(14-26-30-20)31-9-11-33-12-10-31/h1-8,13-14H,9-12H2,(H,27,30)(H2,28,29,32). The largest absolute Gasteiger partial charge is 0.573 e. The minimum Gasteiger partial charge on any atom is -0.406 e. The maximum absolute atomic E-state index is 12.2. The van der Waals surface area contributed by atoms with Crippen molar-refractivity contribution in [3.8, 4) is 5.75 Å². The highest BCUT2D eigenvalue weighted by molar-refractivity contribution is 5.99. The Hall–Kier alpha value is -4.06. The maximum Gasteiger partial charge on any atom is 0.573 e. The first kappa shape index (κ1) is 23.1. The van der Waals surface area contributed by atoms with Gasteiger partial charge in [-0.05, 0) is 48.5 Å². The number of hydrogen-bond donors (Lipinski definition) is 3. The van der Waals surface area contributed by atoms with Crippen molar-refractivity contribution >= 4 is 34.6 Å². The molecule has 34 heavy (non-hydrogen) atoms. The number of benzene rings is 2. The monoisotopic (exact) mass is 474 g/mol. The second-order valence-corrected chi connectivity index (χ2v) is 7.25. The molecule has 2 heterocycles. The summed E-state index contributed by atoms with van der Waals surface area (Å²) in [6, 6.07) is 13.1. The zero-order valence-electron chi connectivity index (χ0n) is 17.8. The van der Waals surface area contributed by atoms with Crippen LogP contribution in [0.2, 0.25) is 0 Å². The molecule has 178 valence electrons. The number of alkyl halides is 3. The SMILES string of the molecule is O=C(Nc1ccc(Nc2cc(N3CCOCC3)cnn2)cc1)Nc1ccc(OC(F)(F)F)cc1. The summed E-state index contributed by atoms with van der Waals surface area (Å²) in [6.45, 7) is 2.92. The Morgan fingerprint density at radius 2 is 1.53 bits per heavy atom. The van der Waals surface area contributed by atoms with Crippen LogP contribution in [0.25, 0.3) is 0 Å². The number of nitrogens with zero attached hydrogens (tertiary/aromatic N) is 3. The molecule has 0 radical (unpaired) electrons. The van der Waals surface area contributed by atoms with Crippen molar-refractivity contribution in [1.29, 1.82) is 0 Å². The molecule has 1 aromatic heterocycles. The van der Waals surface area contributed by atoms with Crippen LogP contribution < -0.4 is 25.6 Å². The molecule has 1 fully saturated rings. The van der Waals surface area contributed by atoms with Gasteiger partial charge in [0.1, 0.15) is 5.75 Å². The molecule has 12 heteroatoms. The first-order chi connectivity index (χ1) is 16.3. The van der Waals surface area contributed by atoms with Crippen LogP contribution in [0.5, 0.6) is 5.75 Å². The Morgan fingerprint density at radius 1 is 0.941 bits per heavy atom. The third-order valence-corrected chi connectivity index (χ3v) is 4.78. The highest BCUT2D eigenvalue weighted by Gasteiger charge is 2.31. The summed E-state index contributed by atoms with van der Waals surface area (Å²) in [5.41, 5.74) is 2.53. The van der Waals surface area contributed by atoms with Gasteiger partial charge in [0.15, 0.2) is 5.82 Å². The number of anilines is 5. The summed E-state index contributed by atoms with van der Waals surface area (Å²) < 4.78 is 45.8. The lowest BCUT2D eigenvalue weighted by atomic mass is 10.2. The van der Waals surface area contributed by atoms with Crippen molar-refractivity contribution in [2.45, 2.75) is 6.36 Å². The van der Waals surface area contributed by atoms with Gasteiger partial charge >= 0.3 is 12.4 Å². The lowest BCUT2D eigenvalue weighted by Crippen LogP contribution is -2.36. The van der Waals surface area contributed by atoms with Crippen LogP contribution in [0.4, 0.5) is 46.5 Å². The van der Waals surface area contributed by atoms with Crippen molar-refractivity contribution in [2.24, 2.45) is 0 Å². The Bertz CT molecular complexity index is 1100. The van der Waals surface area contributed by atoms with Gasteiger partial charge in [-0.25, -0.2) is 4.79 Å². The van der Waals surface area contributed by atoms with Gasteiger partial charge in [0.25, 0.3) is 0 Å². The quantitative estimate of drug-likeness (QED) is 0.480. The minimum absolute atomic E-state index is 0.309.